The zero-order valence-electron chi connectivity index (χ0n) is 4.31. The first-order chi connectivity index (χ1) is 3.27. The smallest absolute Gasteiger partial charge is 0.00277 e. The van der Waals surface area contributed by atoms with Gasteiger partial charge in [0.15, 0.2) is 0 Å². The van der Waals surface area contributed by atoms with Gasteiger partial charge in [-0.2, -0.15) is 0 Å². The fourth-order valence-corrected chi connectivity index (χ4v) is 0.254. The van der Waals surface area contributed by atoms with Crippen LogP contribution in [0.15, 0.2) is 23.8 Å². The summed E-state index contributed by atoms with van der Waals surface area (Å²) in [5, 5.41) is 2.81. The number of hydrogen-bond donors (Lipinski definition) is 2. The third-order valence-corrected chi connectivity index (χ3v) is 0.591. The lowest BCUT2D eigenvalue weighted by Gasteiger charge is -1.82. The van der Waals surface area contributed by atoms with Crippen LogP contribution in [0.1, 0.15) is 0 Å². The van der Waals surface area contributed by atoms with Crippen molar-refractivity contribution in [3.05, 3.63) is 23.8 Å². The third-order valence-electron chi connectivity index (χ3n) is 0.442. The lowest BCUT2D eigenvalue weighted by Crippen LogP contribution is -1.90. The van der Waals surface area contributed by atoms with E-state index in [4.69, 9.17) is 0 Å². The first-order valence-corrected chi connectivity index (χ1v) is 2.44. The van der Waals surface area contributed by atoms with Crippen LogP contribution in [0.2, 0.25) is 0 Å². The van der Waals surface area contributed by atoms with Gasteiger partial charge in [0.1, 0.15) is 0 Å². The van der Waals surface area contributed by atoms with Crippen molar-refractivity contribution in [2.45, 2.75) is 0 Å². The molecular weight excluding hydrogens is 106 g/mol. The molecule has 0 amide bonds. The minimum Gasteiger partial charge on any atom is -0.394 e. The molecule has 7 heavy (non-hydrogen) atoms. The Balaban J connectivity index is 3.26. The minimum atomic E-state index is 0.759. The van der Waals surface area contributed by atoms with Crippen molar-refractivity contribution in [2.75, 3.05) is 7.05 Å². The van der Waals surface area contributed by atoms with Gasteiger partial charge in [-0.25, -0.2) is 0 Å². The van der Waals surface area contributed by atoms with Crippen LogP contribution in [-0.2, 0) is 0 Å². The van der Waals surface area contributed by atoms with E-state index in [2.05, 4.69) is 24.5 Å². The second kappa shape index (κ2) is 3.81. The van der Waals surface area contributed by atoms with E-state index in [0.29, 0.717) is 0 Å². The molecule has 0 bridgehead atoms. The van der Waals surface area contributed by atoms with Crippen molar-refractivity contribution in [3.63, 3.8) is 0 Å². The second-order valence-electron chi connectivity index (χ2n) is 1.11. The molecule has 0 spiro atoms. The van der Waals surface area contributed by atoms with E-state index in [0.717, 1.165) is 4.91 Å². The van der Waals surface area contributed by atoms with Crippen LogP contribution in [-0.4, -0.2) is 7.05 Å². The molecule has 1 N–H and O–H groups in total. The largest absolute Gasteiger partial charge is 0.394 e. The van der Waals surface area contributed by atoms with E-state index in [-0.39, 0.29) is 0 Å². The summed E-state index contributed by atoms with van der Waals surface area (Å²) in [7, 11) is 1.83. The Morgan fingerprint density at radius 1 is 1.86 bits per heavy atom. The highest BCUT2D eigenvalue weighted by atomic mass is 32.1. The van der Waals surface area contributed by atoms with Crippen LogP contribution in [0, 0.1) is 0 Å². The maximum atomic E-state index is 3.91. The van der Waals surface area contributed by atoms with Crippen molar-refractivity contribution >= 4 is 12.6 Å². The molecule has 0 unspecified atom stereocenters. The first-order valence-electron chi connectivity index (χ1n) is 1.99. The van der Waals surface area contributed by atoms with Gasteiger partial charge in [-0.1, -0.05) is 6.58 Å². The standard InChI is InChI=1S/C5H9NS/c1-5(7)3-4-6-2/h3-4,6-7H,1H2,2H3/b4-3-. The fourth-order valence-electron chi connectivity index (χ4n) is 0.180. The highest BCUT2D eigenvalue weighted by molar-refractivity contribution is 7.84. The Morgan fingerprint density at radius 2 is 2.43 bits per heavy atom. The maximum absolute atomic E-state index is 3.91. The summed E-state index contributed by atoms with van der Waals surface area (Å²) in [6.45, 7) is 3.53. The van der Waals surface area contributed by atoms with Gasteiger partial charge in [0.2, 0.25) is 0 Å². The van der Waals surface area contributed by atoms with E-state index in [1.165, 1.54) is 0 Å². The molecule has 0 aromatic carbocycles. The van der Waals surface area contributed by atoms with Crippen molar-refractivity contribution in [2.24, 2.45) is 0 Å². The Morgan fingerprint density at radius 3 is 2.57 bits per heavy atom. The molecule has 0 radical (unpaired) electrons. The normalized spacial score (nSPS) is 9.43. The maximum Gasteiger partial charge on any atom is 0.00277 e. The Labute approximate surface area is 49.5 Å². The van der Waals surface area contributed by atoms with Gasteiger partial charge in [0, 0.05) is 7.05 Å². The van der Waals surface area contributed by atoms with E-state index in [9.17, 15) is 0 Å². The highest BCUT2D eigenvalue weighted by Gasteiger charge is 1.67. The number of hydrogen-bond acceptors (Lipinski definition) is 2. The summed E-state index contributed by atoms with van der Waals surface area (Å²) in [6, 6.07) is 0. The summed E-state index contributed by atoms with van der Waals surface area (Å²) in [5.74, 6) is 0. The van der Waals surface area contributed by atoms with Gasteiger partial charge in [0.25, 0.3) is 0 Å². The molecule has 0 fully saturated rings. The Kier molecular flexibility index (Phi) is 3.61. The van der Waals surface area contributed by atoms with Crippen LogP contribution in [0.5, 0.6) is 0 Å². The zero-order valence-corrected chi connectivity index (χ0v) is 5.20. The summed E-state index contributed by atoms with van der Waals surface area (Å²) < 4.78 is 0. The second-order valence-corrected chi connectivity index (χ2v) is 1.69. The number of nitrogens with one attached hydrogen (secondary N) is 1. The number of rotatable bonds is 2. The molecule has 0 aliphatic carbocycles. The molecule has 0 aromatic rings. The molecule has 0 saturated carbocycles. The predicted molar refractivity (Wildman–Crippen MR) is 36.3 cm³/mol. The van der Waals surface area contributed by atoms with Crippen LogP contribution >= 0.6 is 12.6 Å². The lowest BCUT2D eigenvalue weighted by molar-refractivity contribution is 1.10. The summed E-state index contributed by atoms with van der Waals surface area (Å²) >= 11 is 3.91. The minimum absolute atomic E-state index is 0.759. The molecule has 2 heteroatoms. The van der Waals surface area contributed by atoms with Gasteiger partial charge in [0.05, 0.1) is 0 Å². The van der Waals surface area contributed by atoms with Gasteiger partial charge in [-0.05, 0) is 17.2 Å². The monoisotopic (exact) mass is 115 g/mol. The number of thiol groups is 1. The average molecular weight is 115 g/mol. The van der Waals surface area contributed by atoms with E-state index in [1.807, 2.05) is 7.05 Å². The van der Waals surface area contributed by atoms with Crippen molar-refractivity contribution < 1.29 is 0 Å². The SMILES string of the molecule is C=C(S)/C=C\NC. The van der Waals surface area contributed by atoms with Gasteiger partial charge < -0.3 is 5.32 Å². The van der Waals surface area contributed by atoms with E-state index >= 15 is 0 Å². The van der Waals surface area contributed by atoms with Gasteiger partial charge in [-0.15, -0.1) is 12.6 Å². The van der Waals surface area contributed by atoms with Gasteiger partial charge in [-0.3, -0.25) is 0 Å². The third kappa shape index (κ3) is 5.63. The van der Waals surface area contributed by atoms with Crippen LogP contribution in [0.4, 0.5) is 0 Å². The number of allylic oxidation sites excluding steroid dienone is 1. The lowest BCUT2D eigenvalue weighted by atomic mass is 10.6. The molecule has 0 aromatic heterocycles. The molecule has 0 saturated heterocycles. The predicted octanol–water partition coefficient (Wildman–Crippen LogP) is 1.16. The van der Waals surface area contributed by atoms with E-state index in [1.54, 1.807) is 12.3 Å². The topological polar surface area (TPSA) is 12.0 Å². The summed E-state index contributed by atoms with van der Waals surface area (Å²) in [5.41, 5.74) is 0. The molecule has 0 heterocycles. The summed E-state index contributed by atoms with van der Waals surface area (Å²) in [4.78, 5) is 0.759. The van der Waals surface area contributed by atoms with Crippen molar-refractivity contribution in [3.8, 4) is 0 Å². The Hall–Kier alpha value is -0.370. The molecule has 40 valence electrons. The van der Waals surface area contributed by atoms with Crippen LogP contribution in [0.25, 0.3) is 0 Å². The van der Waals surface area contributed by atoms with Gasteiger partial charge >= 0.3 is 0 Å². The zero-order chi connectivity index (χ0) is 5.70. The Bertz CT molecular complexity index is 86.1. The molecule has 1 nitrogen and oxygen atoms in total. The molecule has 0 aliphatic heterocycles. The molecule has 0 atom stereocenters. The van der Waals surface area contributed by atoms with Crippen LogP contribution < -0.4 is 5.32 Å². The van der Waals surface area contributed by atoms with Crippen molar-refractivity contribution in [1.82, 2.24) is 5.32 Å². The van der Waals surface area contributed by atoms with E-state index < -0.39 is 0 Å². The molecule has 0 rings (SSSR count). The van der Waals surface area contributed by atoms with Crippen LogP contribution in [0.3, 0.4) is 0 Å². The average Bonchev–Trinajstić information content (AvgIpc) is 1.61. The fraction of sp³-hybridized carbons (Fsp3) is 0.200. The molecular formula is C5H9NS. The van der Waals surface area contributed by atoms with Crippen molar-refractivity contribution in [1.29, 1.82) is 0 Å². The first kappa shape index (κ1) is 6.63. The quantitative estimate of drug-likeness (QED) is 0.406. The molecule has 0 aliphatic rings. The summed E-state index contributed by atoms with van der Waals surface area (Å²) in [6.07, 6.45) is 3.55. The highest BCUT2D eigenvalue weighted by Crippen LogP contribution is 1.93.